The van der Waals surface area contributed by atoms with Crippen LogP contribution in [0, 0.1) is 11.8 Å². The summed E-state index contributed by atoms with van der Waals surface area (Å²) >= 11 is 0. The molecule has 0 aromatic heterocycles. The topological polar surface area (TPSA) is 118 Å². The number of carbonyl (C=O) groups is 2. The van der Waals surface area contributed by atoms with E-state index >= 15 is 0 Å². The molecule has 0 saturated carbocycles. The number of carbonyl (C=O) groups excluding carboxylic acids is 2. The summed E-state index contributed by atoms with van der Waals surface area (Å²) in [6.45, 7) is 1.59. The van der Waals surface area contributed by atoms with E-state index in [0.717, 1.165) is 46.5 Å². The first-order chi connectivity index (χ1) is 23.0. The number of ether oxygens (including phenoxy) is 4. The smallest absolute Gasteiger partial charge is 0.197 e. The number of hydrogen-bond acceptors (Lipinski definition) is 10. The zero-order chi connectivity index (χ0) is 33.9. The van der Waals surface area contributed by atoms with E-state index in [1.54, 1.807) is 28.4 Å². The highest BCUT2D eigenvalue weighted by Gasteiger charge is 2.59. The third-order valence-electron chi connectivity index (χ3n) is 13.0. The van der Waals surface area contributed by atoms with Gasteiger partial charge in [0.1, 0.15) is 0 Å². The number of hydrogen-bond donors (Lipinski definition) is 2. The summed E-state index contributed by atoms with van der Waals surface area (Å²) < 4.78 is 22.8. The summed E-state index contributed by atoms with van der Waals surface area (Å²) in [5.41, 5.74) is 4.05. The quantitative estimate of drug-likeness (QED) is 0.489. The van der Waals surface area contributed by atoms with Crippen LogP contribution in [0.3, 0.4) is 0 Å². The number of allylic oxidation sites excluding steroid dienone is 2. The van der Waals surface area contributed by atoms with E-state index in [2.05, 4.69) is 23.9 Å². The van der Waals surface area contributed by atoms with Crippen molar-refractivity contribution in [3.8, 4) is 34.1 Å². The van der Waals surface area contributed by atoms with Gasteiger partial charge in [-0.05, 0) is 99.4 Å². The first-order valence-electron chi connectivity index (χ1n) is 16.9. The molecule has 4 aliphatic carbocycles. The number of nitrogens with zero attached hydrogens (tertiary/aromatic N) is 2. The SMILES string of the molecule is COC1=CC2[C@H]3Cc4c(-c5cc(OC)c(O)c6c5C[C@@H]5C7C=C(OC)C(=O)C[C@]67CCN5C)cc(OC)c(O)c4[C@@]2(CCN3C)CC1=O. The molecule has 254 valence electrons. The summed E-state index contributed by atoms with van der Waals surface area (Å²) in [6.07, 6.45) is 7.11. The van der Waals surface area contributed by atoms with Crippen LogP contribution in [0.15, 0.2) is 35.8 Å². The van der Waals surface area contributed by atoms with Crippen molar-refractivity contribution >= 4 is 11.6 Å². The summed E-state index contributed by atoms with van der Waals surface area (Å²) in [6, 6.07) is 3.97. The van der Waals surface area contributed by atoms with Crippen molar-refractivity contribution < 1.29 is 38.7 Å². The molecule has 2 N–H and O–H groups in total. The minimum atomic E-state index is -0.629. The van der Waals surface area contributed by atoms with Crippen LogP contribution >= 0.6 is 0 Å². The minimum Gasteiger partial charge on any atom is -0.504 e. The second kappa shape index (κ2) is 10.7. The highest BCUT2D eigenvalue weighted by atomic mass is 16.5. The van der Waals surface area contributed by atoms with Crippen molar-refractivity contribution in [2.45, 2.75) is 61.4 Å². The maximum absolute atomic E-state index is 13.5. The van der Waals surface area contributed by atoms with Crippen molar-refractivity contribution in [3.05, 3.63) is 58.1 Å². The Kier molecular flexibility index (Phi) is 6.99. The van der Waals surface area contributed by atoms with Crippen LogP contribution in [0.1, 0.15) is 47.9 Å². The number of likely N-dealkylation sites (N-methyl/N-ethyl adjacent to an activating group) is 2. The molecule has 0 amide bonds. The van der Waals surface area contributed by atoms with Gasteiger partial charge in [0.25, 0.3) is 0 Å². The third-order valence-corrected chi connectivity index (χ3v) is 13.0. The zero-order valence-electron chi connectivity index (χ0n) is 28.5. The van der Waals surface area contributed by atoms with Crippen molar-refractivity contribution in [1.82, 2.24) is 9.80 Å². The fourth-order valence-electron chi connectivity index (χ4n) is 10.7. The molecule has 48 heavy (non-hydrogen) atoms. The van der Waals surface area contributed by atoms with Gasteiger partial charge in [0.15, 0.2) is 46.1 Å². The van der Waals surface area contributed by atoms with Crippen molar-refractivity contribution in [1.29, 1.82) is 0 Å². The number of phenols is 2. The zero-order valence-corrected chi connectivity index (χ0v) is 28.5. The van der Waals surface area contributed by atoms with Crippen molar-refractivity contribution in [2.24, 2.45) is 11.8 Å². The van der Waals surface area contributed by atoms with Crippen LogP contribution in [-0.4, -0.2) is 99.3 Å². The molecule has 8 rings (SSSR count). The molecule has 10 nitrogen and oxygen atoms in total. The van der Waals surface area contributed by atoms with Gasteiger partial charge in [-0.2, -0.15) is 0 Å². The minimum absolute atomic E-state index is 0.0341. The number of Topliss-reactive ketones (excluding diaryl/α,β-unsaturated/α-hetero) is 2. The number of phenolic OH excluding ortho intramolecular Hbond substituents is 2. The van der Waals surface area contributed by atoms with Gasteiger partial charge in [-0.3, -0.25) is 9.59 Å². The Morgan fingerprint density at radius 3 is 1.42 bits per heavy atom. The lowest BCUT2D eigenvalue weighted by Crippen LogP contribution is -2.60. The number of ketones is 2. The number of likely N-dealkylation sites (tertiary alicyclic amines) is 2. The Bertz CT molecular complexity index is 1700. The van der Waals surface area contributed by atoms with E-state index < -0.39 is 10.8 Å². The molecular formula is C38H44N2O8. The number of fused-ring (bicyclic) bond motifs is 2. The normalized spacial score (nSPS) is 32.2. The van der Waals surface area contributed by atoms with Gasteiger partial charge in [0, 0.05) is 58.7 Å². The fourth-order valence-corrected chi connectivity index (χ4v) is 10.7. The molecule has 2 saturated heterocycles. The monoisotopic (exact) mass is 656 g/mol. The van der Waals surface area contributed by atoms with E-state index in [1.165, 1.54) is 0 Å². The second-order valence-corrected chi connectivity index (χ2v) is 14.7. The fraction of sp³-hybridized carbons (Fsp3) is 0.526. The third kappa shape index (κ3) is 3.93. The van der Waals surface area contributed by atoms with E-state index in [1.807, 2.05) is 24.3 Å². The average molecular weight is 657 g/mol. The van der Waals surface area contributed by atoms with Crippen molar-refractivity contribution in [2.75, 3.05) is 55.6 Å². The van der Waals surface area contributed by atoms with Crippen LogP contribution in [0.2, 0.25) is 0 Å². The maximum atomic E-state index is 13.5. The molecular weight excluding hydrogens is 612 g/mol. The van der Waals surface area contributed by atoms with Crippen LogP contribution in [0.5, 0.6) is 23.0 Å². The molecule has 2 aromatic rings. The molecule has 2 aromatic carbocycles. The number of piperidine rings is 2. The summed E-state index contributed by atoms with van der Waals surface area (Å²) in [5, 5.41) is 24.0. The molecule has 2 fully saturated rings. The number of aromatic hydroxyl groups is 2. The van der Waals surface area contributed by atoms with Gasteiger partial charge in [-0.25, -0.2) is 0 Å². The van der Waals surface area contributed by atoms with Crippen LogP contribution < -0.4 is 9.47 Å². The largest absolute Gasteiger partial charge is 0.504 e. The predicted octanol–water partition coefficient (Wildman–Crippen LogP) is 4.02. The van der Waals surface area contributed by atoms with Gasteiger partial charge >= 0.3 is 0 Å². The van der Waals surface area contributed by atoms with Crippen LogP contribution in [0.25, 0.3) is 11.1 Å². The molecule has 10 heteroatoms. The number of rotatable bonds is 5. The van der Waals surface area contributed by atoms with Gasteiger partial charge < -0.3 is 39.0 Å². The molecule has 2 aliphatic heterocycles. The van der Waals surface area contributed by atoms with Crippen molar-refractivity contribution in [3.63, 3.8) is 0 Å². The van der Waals surface area contributed by atoms with Gasteiger partial charge in [0.2, 0.25) is 0 Å². The van der Waals surface area contributed by atoms with E-state index in [9.17, 15) is 19.8 Å². The Balaban J connectivity index is 1.43. The van der Waals surface area contributed by atoms with Gasteiger partial charge in [0.05, 0.1) is 28.4 Å². The molecule has 2 heterocycles. The maximum Gasteiger partial charge on any atom is 0.197 e. The van der Waals surface area contributed by atoms with Crippen LogP contribution in [0.4, 0.5) is 0 Å². The lowest BCUT2D eigenvalue weighted by atomic mass is 9.52. The average Bonchev–Trinajstić information content (AvgIpc) is 3.07. The Labute approximate surface area is 280 Å². The highest BCUT2D eigenvalue weighted by Crippen LogP contribution is 2.63. The lowest BCUT2D eigenvalue weighted by molar-refractivity contribution is -0.123. The summed E-state index contributed by atoms with van der Waals surface area (Å²) in [7, 11) is 10.4. The van der Waals surface area contributed by atoms with E-state index in [0.29, 0.717) is 48.7 Å². The van der Waals surface area contributed by atoms with E-state index in [-0.39, 0.29) is 59.8 Å². The molecule has 2 unspecified atom stereocenters. The van der Waals surface area contributed by atoms with E-state index in [4.69, 9.17) is 18.9 Å². The lowest BCUT2D eigenvalue weighted by Gasteiger charge is -2.57. The standard InChI is InChI=1S/C38H44N2O8/c1-39-9-7-37-17-27(41)29(45-3)15-23(37)25(39)11-21-19(13-31(47-5)35(43)33(21)37)20-14-32(48-6)36(44)34-22(20)12-26-24-16-30(46-4)28(42)18-38(24,34)8-10-40(26)2/h13-16,23-26,43-44H,7-12,17-18H2,1-6H3/t23?,24?,25-,26-,37+,38+/m1/s1. The molecule has 6 aliphatic rings. The van der Waals surface area contributed by atoms with Gasteiger partial charge in [-0.15, -0.1) is 0 Å². The summed E-state index contributed by atoms with van der Waals surface area (Å²) in [5.74, 6) is 1.41. The highest BCUT2D eigenvalue weighted by molar-refractivity contribution is 5.97. The summed E-state index contributed by atoms with van der Waals surface area (Å²) in [4.78, 5) is 31.8. The number of methoxy groups -OCH3 is 4. The predicted molar refractivity (Wildman–Crippen MR) is 178 cm³/mol. The Hall–Kier alpha value is -4.02. The Morgan fingerprint density at radius 2 is 1.06 bits per heavy atom. The molecule has 6 atom stereocenters. The first-order valence-corrected chi connectivity index (χ1v) is 16.9. The Morgan fingerprint density at radius 1 is 0.667 bits per heavy atom. The second-order valence-electron chi connectivity index (χ2n) is 14.7. The van der Waals surface area contributed by atoms with Gasteiger partial charge in [-0.1, -0.05) is 0 Å². The first kappa shape index (κ1) is 31.3. The van der Waals surface area contributed by atoms with Crippen LogP contribution in [-0.2, 0) is 42.7 Å². The number of benzene rings is 2. The molecule has 0 spiro atoms. The molecule has 0 radical (unpaired) electrons. The molecule has 4 bridgehead atoms.